The molecule has 0 bridgehead atoms. The maximum Gasteiger partial charge on any atom is 0.345 e. The summed E-state index contributed by atoms with van der Waals surface area (Å²) in [5.41, 5.74) is 4.15. The second-order valence-corrected chi connectivity index (χ2v) is 5.25. The van der Waals surface area contributed by atoms with E-state index in [1.807, 2.05) is 60.7 Å². The summed E-state index contributed by atoms with van der Waals surface area (Å²) < 4.78 is 0. The number of pyridine rings is 1. The van der Waals surface area contributed by atoms with Crippen molar-refractivity contribution in [1.29, 1.82) is 0 Å². The van der Waals surface area contributed by atoms with E-state index in [0.29, 0.717) is 5.69 Å². The summed E-state index contributed by atoms with van der Waals surface area (Å²) in [7, 11) is 0. The minimum atomic E-state index is -0.344. The van der Waals surface area contributed by atoms with Gasteiger partial charge < -0.3 is 4.98 Å². The summed E-state index contributed by atoms with van der Waals surface area (Å²) in [5.74, 6) is 0. The second-order valence-electron chi connectivity index (χ2n) is 5.25. The smallest absolute Gasteiger partial charge is 0.305 e. The molecule has 2 aromatic heterocycles. The van der Waals surface area contributed by atoms with Gasteiger partial charge in [-0.05, 0) is 29.3 Å². The van der Waals surface area contributed by atoms with Crippen LogP contribution in [0, 0.1) is 0 Å². The van der Waals surface area contributed by atoms with Crippen LogP contribution in [0.15, 0.2) is 77.9 Å². The van der Waals surface area contributed by atoms with Crippen molar-refractivity contribution in [2.75, 3.05) is 0 Å². The average molecular weight is 299 g/mol. The number of hydrogen-bond donors (Lipinski definition) is 1. The Hall–Kier alpha value is -3.27. The first-order chi connectivity index (χ1) is 11.3. The van der Waals surface area contributed by atoms with E-state index in [2.05, 4.69) is 15.0 Å². The third-order valence-corrected chi connectivity index (χ3v) is 3.79. The lowest BCUT2D eigenvalue weighted by Crippen LogP contribution is -2.11. The maximum absolute atomic E-state index is 11.9. The fraction of sp³-hybridized carbons (Fsp3) is 0. The molecule has 110 valence electrons. The predicted octanol–water partition coefficient (Wildman–Crippen LogP) is 3.65. The van der Waals surface area contributed by atoms with Gasteiger partial charge in [0.05, 0.1) is 11.2 Å². The van der Waals surface area contributed by atoms with Crippen molar-refractivity contribution < 1.29 is 0 Å². The third-order valence-electron chi connectivity index (χ3n) is 3.79. The zero-order valence-corrected chi connectivity index (χ0v) is 12.2. The van der Waals surface area contributed by atoms with E-state index in [-0.39, 0.29) is 5.69 Å². The van der Waals surface area contributed by atoms with Crippen molar-refractivity contribution in [3.05, 3.63) is 83.5 Å². The molecule has 0 spiro atoms. The second kappa shape index (κ2) is 5.50. The molecule has 0 fully saturated rings. The van der Waals surface area contributed by atoms with E-state index in [9.17, 15) is 4.79 Å². The number of aromatic nitrogens is 3. The molecular weight excluding hydrogens is 286 g/mol. The molecule has 4 rings (SSSR count). The van der Waals surface area contributed by atoms with Crippen molar-refractivity contribution in [3.63, 3.8) is 0 Å². The summed E-state index contributed by atoms with van der Waals surface area (Å²) in [5, 5.41) is 0.925. The van der Waals surface area contributed by atoms with Gasteiger partial charge in [-0.3, -0.25) is 4.98 Å². The molecule has 4 nitrogen and oxygen atoms in total. The van der Waals surface area contributed by atoms with Gasteiger partial charge in [-0.15, -0.1) is 0 Å². The van der Waals surface area contributed by atoms with Crippen LogP contribution >= 0.6 is 0 Å². The molecule has 0 aliphatic heterocycles. The summed E-state index contributed by atoms with van der Waals surface area (Å²) in [6.45, 7) is 0. The molecule has 2 heterocycles. The molecule has 0 radical (unpaired) electrons. The monoisotopic (exact) mass is 299 g/mol. The molecule has 0 amide bonds. The quantitative estimate of drug-likeness (QED) is 0.614. The van der Waals surface area contributed by atoms with Crippen molar-refractivity contribution in [2.45, 2.75) is 0 Å². The van der Waals surface area contributed by atoms with Gasteiger partial charge in [0.25, 0.3) is 0 Å². The number of hydrogen-bond acceptors (Lipinski definition) is 3. The van der Waals surface area contributed by atoms with E-state index >= 15 is 0 Å². The van der Waals surface area contributed by atoms with Gasteiger partial charge in [0.1, 0.15) is 0 Å². The van der Waals surface area contributed by atoms with Crippen LogP contribution in [0.4, 0.5) is 0 Å². The van der Waals surface area contributed by atoms with Crippen LogP contribution < -0.4 is 5.69 Å². The molecule has 4 heteroatoms. The van der Waals surface area contributed by atoms with Gasteiger partial charge in [0.2, 0.25) is 0 Å². The van der Waals surface area contributed by atoms with Crippen LogP contribution in [0.2, 0.25) is 0 Å². The topological polar surface area (TPSA) is 58.6 Å². The van der Waals surface area contributed by atoms with Crippen LogP contribution in [0.25, 0.3) is 33.3 Å². The normalized spacial score (nSPS) is 10.8. The van der Waals surface area contributed by atoms with Crippen LogP contribution in [0.3, 0.4) is 0 Å². The van der Waals surface area contributed by atoms with Gasteiger partial charge in [-0.2, -0.15) is 4.98 Å². The molecule has 4 aromatic rings. The van der Waals surface area contributed by atoms with Gasteiger partial charge in [0.15, 0.2) is 0 Å². The lowest BCUT2D eigenvalue weighted by molar-refractivity contribution is 1.12. The van der Waals surface area contributed by atoms with Crippen molar-refractivity contribution in [1.82, 2.24) is 15.0 Å². The van der Waals surface area contributed by atoms with Crippen LogP contribution in [0.1, 0.15) is 0 Å². The van der Waals surface area contributed by atoms with E-state index in [0.717, 1.165) is 27.6 Å². The molecule has 0 unspecified atom stereocenters. The van der Waals surface area contributed by atoms with Gasteiger partial charge >= 0.3 is 5.69 Å². The van der Waals surface area contributed by atoms with Crippen LogP contribution in [-0.2, 0) is 0 Å². The molecule has 23 heavy (non-hydrogen) atoms. The van der Waals surface area contributed by atoms with Crippen LogP contribution in [0.5, 0.6) is 0 Å². The Morgan fingerprint density at radius 3 is 2.35 bits per heavy atom. The summed E-state index contributed by atoms with van der Waals surface area (Å²) in [6.07, 6.45) is 3.51. The fourth-order valence-corrected chi connectivity index (χ4v) is 2.70. The largest absolute Gasteiger partial charge is 0.345 e. The van der Waals surface area contributed by atoms with Crippen molar-refractivity contribution in [2.24, 2.45) is 0 Å². The number of nitrogens with zero attached hydrogens (tertiary/aromatic N) is 2. The first kappa shape index (κ1) is 13.4. The Balaban J connectivity index is 1.96. The molecule has 0 aliphatic carbocycles. The number of H-pyrrole nitrogens is 1. The molecular formula is C19H13N3O. The lowest BCUT2D eigenvalue weighted by atomic mass is 10.0. The average Bonchev–Trinajstić information content (AvgIpc) is 2.62. The number of benzene rings is 2. The highest BCUT2D eigenvalue weighted by atomic mass is 16.1. The standard InChI is InChI=1S/C19H13N3O/c23-19-21-17-12-15(13-8-10-20-11-9-13)6-7-16(17)18(22-19)14-4-2-1-3-5-14/h1-12H,(H,21,22,23). The third kappa shape index (κ3) is 2.51. The highest BCUT2D eigenvalue weighted by Crippen LogP contribution is 2.28. The highest BCUT2D eigenvalue weighted by Gasteiger charge is 2.08. The summed E-state index contributed by atoms with van der Waals surface area (Å²) >= 11 is 0. The van der Waals surface area contributed by atoms with Crippen molar-refractivity contribution >= 4 is 10.9 Å². The molecule has 0 saturated heterocycles. The van der Waals surface area contributed by atoms with Gasteiger partial charge in [-0.1, -0.05) is 42.5 Å². The molecule has 0 saturated carbocycles. The first-order valence-corrected chi connectivity index (χ1v) is 7.31. The zero-order valence-electron chi connectivity index (χ0n) is 12.2. The number of fused-ring (bicyclic) bond motifs is 1. The molecule has 1 N–H and O–H groups in total. The van der Waals surface area contributed by atoms with E-state index in [1.54, 1.807) is 12.4 Å². The Labute approximate surface area is 132 Å². The molecule has 2 aromatic carbocycles. The van der Waals surface area contributed by atoms with E-state index in [1.165, 1.54) is 0 Å². The SMILES string of the molecule is O=c1nc(-c2ccccc2)c2ccc(-c3ccncc3)cc2[nH]1. The zero-order chi connectivity index (χ0) is 15.6. The van der Waals surface area contributed by atoms with Gasteiger partial charge in [0, 0.05) is 23.3 Å². The minimum Gasteiger partial charge on any atom is -0.305 e. The predicted molar refractivity (Wildman–Crippen MR) is 91.0 cm³/mol. The van der Waals surface area contributed by atoms with E-state index < -0.39 is 0 Å². The Morgan fingerprint density at radius 1 is 0.783 bits per heavy atom. The Morgan fingerprint density at radius 2 is 1.57 bits per heavy atom. The minimum absolute atomic E-state index is 0.344. The highest BCUT2D eigenvalue weighted by molar-refractivity contribution is 5.94. The Kier molecular flexibility index (Phi) is 3.20. The van der Waals surface area contributed by atoms with E-state index in [4.69, 9.17) is 0 Å². The first-order valence-electron chi connectivity index (χ1n) is 7.31. The maximum atomic E-state index is 11.9. The summed E-state index contributed by atoms with van der Waals surface area (Å²) in [6, 6.07) is 19.6. The fourth-order valence-electron chi connectivity index (χ4n) is 2.70. The summed E-state index contributed by atoms with van der Waals surface area (Å²) in [4.78, 5) is 23.0. The number of aromatic amines is 1. The van der Waals surface area contributed by atoms with Crippen LogP contribution in [-0.4, -0.2) is 15.0 Å². The molecule has 0 atom stereocenters. The molecule has 0 aliphatic rings. The van der Waals surface area contributed by atoms with Gasteiger partial charge in [-0.25, -0.2) is 4.79 Å². The lowest BCUT2D eigenvalue weighted by Gasteiger charge is -2.07. The number of rotatable bonds is 2. The Bertz CT molecular complexity index is 1020. The number of nitrogens with one attached hydrogen (secondary N) is 1. The van der Waals surface area contributed by atoms with Crippen molar-refractivity contribution in [3.8, 4) is 22.4 Å².